The number of nitrogens with two attached hydrogens (primary N) is 1. The minimum absolute atomic E-state index is 0.0487. The van der Waals surface area contributed by atoms with Crippen molar-refractivity contribution in [2.45, 2.75) is 43.7 Å². The zero-order chi connectivity index (χ0) is 25.9. The molecular formula is C22H32N4O8S. The number of aliphatic carboxylic acids is 1. The lowest BCUT2D eigenvalue weighted by Crippen LogP contribution is -2.63. The number of primary amides is 1. The predicted molar refractivity (Wildman–Crippen MR) is 126 cm³/mol. The predicted octanol–water partition coefficient (Wildman–Crippen LogP) is 0.324. The Morgan fingerprint density at radius 1 is 1.40 bits per heavy atom. The van der Waals surface area contributed by atoms with E-state index in [1.54, 1.807) is 4.90 Å². The van der Waals surface area contributed by atoms with Crippen molar-refractivity contribution in [2.75, 3.05) is 32.9 Å². The summed E-state index contributed by atoms with van der Waals surface area (Å²) in [5, 5.41) is 22.1. The van der Waals surface area contributed by atoms with Gasteiger partial charge in [0.15, 0.2) is 0 Å². The number of amides is 4. The highest BCUT2D eigenvalue weighted by Gasteiger charge is 2.60. The first-order valence-corrected chi connectivity index (χ1v) is 12.3. The van der Waals surface area contributed by atoms with Crippen LogP contribution in [0.15, 0.2) is 23.3 Å². The first-order valence-electron chi connectivity index (χ1n) is 11.4. The summed E-state index contributed by atoms with van der Waals surface area (Å²) in [6, 6.07) is -1.38. The van der Waals surface area contributed by atoms with Crippen molar-refractivity contribution in [3.63, 3.8) is 0 Å². The van der Waals surface area contributed by atoms with Crippen LogP contribution in [0, 0.1) is 11.8 Å². The summed E-state index contributed by atoms with van der Waals surface area (Å²) >= 11 is 1.34. The van der Waals surface area contributed by atoms with E-state index in [1.165, 1.54) is 29.7 Å². The Bertz CT molecular complexity index is 910. The minimum Gasteiger partial charge on any atom is -0.477 e. The normalized spacial score (nSPS) is 28.4. The van der Waals surface area contributed by atoms with Crippen LogP contribution in [0.25, 0.3) is 0 Å². The summed E-state index contributed by atoms with van der Waals surface area (Å²) in [7, 11) is 0. The van der Waals surface area contributed by atoms with Crippen LogP contribution in [0.4, 0.5) is 9.59 Å². The summed E-state index contributed by atoms with van der Waals surface area (Å²) in [6.45, 7) is 7.91. The van der Waals surface area contributed by atoms with Crippen LogP contribution in [0.3, 0.4) is 0 Å². The van der Waals surface area contributed by atoms with Crippen molar-refractivity contribution in [2.24, 2.45) is 17.6 Å². The molecule has 0 aromatic carbocycles. The summed E-state index contributed by atoms with van der Waals surface area (Å²) in [5.41, 5.74) is 4.98. The average molecular weight is 513 g/mol. The molecular weight excluding hydrogens is 480 g/mol. The van der Waals surface area contributed by atoms with Crippen LogP contribution < -0.4 is 11.1 Å². The quantitative estimate of drug-likeness (QED) is 0.173. The van der Waals surface area contributed by atoms with Gasteiger partial charge in [-0.05, 0) is 13.3 Å². The summed E-state index contributed by atoms with van der Waals surface area (Å²) < 4.78 is 10.8. The van der Waals surface area contributed by atoms with E-state index in [2.05, 4.69) is 11.9 Å². The molecule has 5 N–H and O–H groups in total. The molecule has 0 aromatic rings. The van der Waals surface area contributed by atoms with Crippen LogP contribution in [0.2, 0.25) is 0 Å². The molecule has 4 amide bonds. The van der Waals surface area contributed by atoms with Gasteiger partial charge in [-0.1, -0.05) is 19.6 Å². The first kappa shape index (κ1) is 26.8. The number of nitrogens with zero attached hydrogens (tertiary/aromatic N) is 2. The first-order chi connectivity index (χ1) is 16.6. The fourth-order valence-electron chi connectivity index (χ4n) is 4.88. The molecule has 0 bridgehead atoms. The van der Waals surface area contributed by atoms with Gasteiger partial charge < -0.3 is 40.5 Å². The van der Waals surface area contributed by atoms with Gasteiger partial charge in [0.05, 0.1) is 37.3 Å². The van der Waals surface area contributed by atoms with Crippen molar-refractivity contribution >= 4 is 35.8 Å². The molecule has 2 fully saturated rings. The summed E-state index contributed by atoms with van der Waals surface area (Å²) in [6.07, 6.45) is 0.568. The lowest BCUT2D eigenvalue weighted by molar-refractivity contribution is -0.163. The lowest BCUT2D eigenvalue weighted by atomic mass is 9.79. The molecule has 3 aliphatic heterocycles. The Hall–Kier alpha value is -2.77. The Morgan fingerprint density at radius 2 is 2.11 bits per heavy atom. The van der Waals surface area contributed by atoms with E-state index in [0.29, 0.717) is 17.9 Å². The van der Waals surface area contributed by atoms with Crippen molar-refractivity contribution < 1.29 is 38.9 Å². The van der Waals surface area contributed by atoms with Crippen molar-refractivity contribution in [1.82, 2.24) is 15.1 Å². The Morgan fingerprint density at radius 3 is 2.71 bits per heavy atom. The number of aliphatic hydroxyl groups excluding tert-OH is 1. The molecule has 0 radical (unpaired) electrons. The summed E-state index contributed by atoms with van der Waals surface area (Å²) in [5.74, 6) is -2.48. The molecule has 0 aliphatic carbocycles. The number of likely N-dealkylation sites (tertiary alicyclic amines) is 1. The molecule has 2 saturated heterocycles. The molecule has 3 rings (SSSR count). The second-order valence-electron chi connectivity index (χ2n) is 8.79. The fourth-order valence-corrected chi connectivity index (χ4v) is 6.44. The average Bonchev–Trinajstić information content (AvgIpc) is 3.29. The number of carbonyl (C=O) groups is 4. The number of hydrogen-bond donors (Lipinski definition) is 4. The third-order valence-corrected chi connectivity index (χ3v) is 7.89. The number of carboxylic acids is 1. The molecule has 0 aromatic heterocycles. The number of β-lactam (4-membered cyclic amide) rings is 1. The van der Waals surface area contributed by atoms with E-state index in [4.69, 9.17) is 15.2 Å². The molecule has 0 spiro atoms. The molecule has 35 heavy (non-hydrogen) atoms. The minimum atomic E-state index is -1.19. The van der Waals surface area contributed by atoms with Gasteiger partial charge in [-0.15, -0.1) is 11.8 Å². The van der Waals surface area contributed by atoms with Gasteiger partial charge in [0.25, 0.3) is 0 Å². The molecule has 6 atom stereocenters. The standard InChI is InChI=1S/C22H32N4O8S/c1-4-6-34-22(32)25-9-14(8-13(25)10-33-7-5-24-21(23)31)35-18-11(2)16-15(12(3)27)19(28)26(16)17(18)20(29)30/h4,11-16,27H,1,5-10H2,2-3H3,(H,29,30)(H3,23,24,31)/t11-,12-,13+,14+,15-,16-/m1/s1. The van der Waals surface area contributed by atoms with E-state index in [0.717, 1.165) is 0 Å². The van der Waals surface area contributed by atoms with E-state index in [1.807, 2.05) is 6.92 Å². The van der Waals surface area contributed by atoms with Crippen LogP contribution in [-0.4, -0.2) is 100 Å². The van der Waals surface area contributed by atoms with Gasteiger partial charge in [-0.2, -0.15) is 0 Å². The number of fused-ring (bicyclic) bond motifs is 1. The number of carboxylic acid groups (broad SMARTS) is 1. The van der Waals surface area contributed by atoms with Gasteiger partial charge in [-0.3, -0.25) is 4.79 Å². The third-order valence-electron chi connectivity index (χ3n) is 6.40. The van der Waals surface area contributed by atoms with Gasteiger partial charge in [0, 0.05) is 29.2 Å². The number of ether oxygens (including phenoxy) is 2. The van der Waals surface area contributed by atoms with Crippen molar-refractivity contribution in [3.05, 3.63) is 23.3 Å². The Kier molecular flexibility index (Phi) is 8.67. The largest absolute Gasteiger partial charge is 0.477 e. The van der Waals surface area contributed by atoms with Crippen LogP contribution in [0.5, 0.6) is 0 Å². The number of rotatable bonds is 11. The van der Waals surface area contributed by atoms with Gasteiger partial charge in [-0.25, -0.2) is 14.4 Å². The zero-order valence-corrected chi connectivity index (χ0v) is 20.5. The number of carbonyl (C=O) groups excluding carboxylic acids is 3. The van der Waals surface area contributed by atoms with Crippen LogP contribution >= 0.6 is 11.8 Å². The number of thioether (sulfide) groups is 1. The highest BCUT2D eigenvalue weighted by atomic mass is 32.2. The highest BCUT2D eigenvalue weighted by Crippen LogP contribution is 2.52. The SMILES string of the molecule is C=CCOC(=O)N1C[C@@H](SC2=C(C(=O)O)N3C(=O)[C@H]([C@@H](C)O)[C@H]3[C@H]2C)C[C@H]1COCCNC(N)=O. The number of nitrogens with one attached hydrogen (secondary N) is 1. The van der Waals surface area contributed by atoms with Gasteiger partial charge in [0.1, 0.15) is 12.3 Å². The smallest absolute Gasteiger partial charge is 0.410 e. The molecule has 3 heterocycles. The van der Waals surface area contributed by atoms with E-state index >= 15 is 0 Å². The molecule has 0 saturated carbocycles. The number of hydrogen-bond acceptors (Lipinski definition) is 8. The highest BCUT2D eigenvalue weighted by molar-refractivity contribution is 8.03. The second kappa shape index (κ2) is 11.3. The van der Waals surface area contributed by atoms with E-state index in [9.17, 15) is 29.4 Å². The zero-order valence-electron chi connectivity index (χ0n) is 19.7. The third kappa shape index (κ3) is 5.57. The molecule has 13 heteroatoms. The molecule has 12 nitrogen and oxygen atoms in total. The van der Waals surface area contributed by atoms with Crippen LogP contribution in [-0.2, 0) is 19.1 Å². The maximum atomic E-state index is 12.6. The topological polar surface area (TPSA) is 172 Å². The van der Waals surface area contributed by atoms with E-state index in [-0.39, 0.29) is 55.2 Å². The van der Waals surface area contributed by atoms with Crippen LogP contribution in [0.1, 0.15) is 20.3 Å². The number of aliphatic hydroxyl groups is 1. The second-order valence-corrected chi connectivity index (χ2v) is 10.1. The van der Waals surface area contributed by atoms with E-state index < -0.39 is 36.2 Å². The van der Waals surface area contributed by atoms with Gasteiger partial charge in [0.2, 0.25) is 5.91 Å². The maximum Gasteiger partial charge on any atom is 0.410 e. The Balaban J connectivity index is 1.72. The molecule has 3 aliphatic rings. The number of urea groups is 1. The van der Waals surface area contributed by atoms with Crippen molar-refractivity contribution in [3.8, 4) is 0 Å². The lowest BCUT2D eigenvalue weighted by Gasteiger charge is -2.46. The monoisotopic (exact) mass is 512 g/mol. The Labute approximate surface area is 207 Å². The van der Waals surface area contributed by atoms with Crippen molar-refractivity contribution in [1.29, 1.82) is 0 Å². The molecule has 0 unspecified atom stereocenters. The van der Waals surface area contributed by atoms with Gasteiger partial charge >= 0.3 is 18.1 Å². The summed E-state index contributed by atoms with van der Waals surface area (Å²) in [4.78, 5) is 51.4. The molecule has 194 valence electrons. The maximum absolute atomic E-state index is 12.6. The fraction of sp³-hybridized carbons (Fsp3) is 0.636.